The predicted molar refractivity (Wildman–Crippen MR) is 76.5 cm³/mol. The van der Waals surface area contributed by atoms with Gasteiger partial charge in [0.05, 0.1) is 0 Å². The van der Waals surface area contributed by atoms with Crippen LogP contribution < -0.4 is 5.73 Å². The smallest absolute Gasteiger partial charge is 0.0348 e. The number of hydrogen-bond donors (Lipinski definition) is 1. The summed E-state index contributed by atoms with van der Waals surface area (Å²) in [5, 5.41) is 0. The Morgan fingerprint density at radius 1 is 1.19 bits per heavy atom. The van der Waals surface area contributed by atoms with Crippen LogP contribution in [-0.2, 0) is 0 Å². The number of nitrogens with zero attached hydrogens (tertiary/aromatic N) is 1. The predicted octanol–water partition coefficient (Wildman–Crippen LogP) is 2.04. The van der Waals surface area contributed by atoms with Crippen LogP contribution in [0.1, 0.15) is 26.7 Å². The van der Waals surface area contributed by atoms with Crippen LogP contribution in [0.4, 0.5) is 0 Å². The molecule has 94 valence electrons. The zero-order chi connectivity index (χ0) is 11.6. The van der Waals surface area contributed by atoms with Crippen molar-refractivity contribution in [2.45, 2.75) is 37.0 Å². The lowest BCUT2D eigenvalue weighted by Gasteiger charge is -2.51. The van der Waals surface area contributed by atoms with Crippen molar-refractivity contribution in [3.63, 3.8) is 0 Å². The van der Waals surface area contributed by atoms with Gasteiger partial charge < -0.3 is 5.73 Å². The molecule has 0 spiro atoms. The van der Waals surface area contributed by atoms with E-state index in [2.05, 4.69) is 42.3 Å². The van der Waals surface area contributed by atoms with Crippen molar-refractivity contribution >= 4 is 23.5 Å². The van der Waals surface area contributed by atoms with Gasteiger partial charge in [0.2, 0.25) is 0 Å². The van der Waals surface area contributed by atoms with Crippen LogP contribution in [0.2, 0.25) is 0 Å². The zero-order valence-corrected chi connectivity index (χ0v) is 12.1. The fraction of sp³-hybridized carbons (Fsp3) is 1.00. The van der Waals surface area contributed by atoms with E-state index in [9.17, 15) is 0 Å². The summed E-state index contributed by atoms with van der Waals surface area (Å²) in [6.45, 7) is 8.01. The number of thioether (sulfide) groups is 2. The molecule has 2 rings (SSSR count). The lowest BCUT2D eigenvalue weighted by atomic mass is 9.89. The molecule has 2 heterocycles. The molecule has 0 bridgehead atoms. The van der Waals surface area contributed by atoms with Gasteiger partial charge in [0.25, 0.3) is 0 Å². The second-order valence-corrected chi connectivity index (χ2v) is 8.60. The number of hydrogen-bond acceptors (Lipinski definition) is 4. The molecule has 0 amide bonds. The topological polar surface area (TPSA) is 29.3 Å². The van der Waals surface area contributed by atoms with E-state index in [1.165, 1.54) is 43.2 Å². The molecule has 0 aliphatic carbocycles. The molecule has 16 heavy (non-hydrogen) atoms. The Labute approximate surface area is 108 Å². The fourth-order valence-corrected chi connectivity index (χ4v) is 5.19. The third kappa shape index (κ3) is 2.71. The molecule has 0 radical (unpaired) electrons. The van der Waals surface area contributed by atoms with Crippen molar-refractivity contribution < 1.29 is 0 Å². The molecule has 4 heteroatoms. The Morgan fingerprint density at radius 3 is 2.44 bits per heavy atom. The fourth-order valence-electron chi connectivity index (χ4n) is 2.82. The van der Waals surface area contributed by atoms with Crippen molar-refractivity contribution in [2.24, 2.45) is 5.73 Å². The monoisotopic (exact) mass is 260 g/mol. The molecule has 2 nitrogen and oxygen atoms in total. The standard InChI is InChI=1S/C12H24N2S2/c1-11(2)10-14(5-8-16-11)12(9-13)3-6-15-7-4-12/h3-10,13H2,1-2H3. The van der Waals surface area contributed by atoms with E-state index < -0.39 is 0 Å². The van der Waals surface area contributed by atoms with Crippen LogP contribution in [0.15, 0.2) is 0 Å². The Bertz CT molecular complexity index is 237. The maximum absolute atomic E-state index is 6.10. The quantitative estimate of drug-likeness (QED) is 0.823. The first-order valence-electron chi connectivity index (χ1n) is 6.25. The number of rotatable bonds is 2. The van der Waals surface area contributed by atoms with Gasteiger partial charge in [-0.15, -0.1) is 0 Å². The highest BCUT2D eigenvalue weighted by molar-refractivity contribution is 8.00. The van der Waals surface area contributed by atoms with Gasteiger partial charge in [-0.3, -0.25) is 4.90 Å². The minimum atomic E-state index is 0.323. The van der Waals surface area contributed by atoms with Crippen molar-refractivity contribution in [2.75, 3.05) is 36.9 Å². The minimum Gasteiger partial charge on any atom is -0.329 e. The summed E-state index contributed by atoms with van der Waals surface area (Å²) in [4.78, 5) is 2.70. The summed E-state index contributed by atoms with van der Waals surface area (Å²) in [5.41, 5.74) is 6.42. The summed E-state index contributed by atoms with van der Waals surface area (Å²) in [6.07, 6.45) is 2.57. The molecule has 0 aromatic heterocycles. The largest absolute Gasteiger partial charge is 0.329 e. The first kappa shape index (κ1) is 13.1. The number of nitrogens with two attached hydrogens (primary N) is 1. The first-order chi connectivity index (χ1) is 7.58. The van der Waals surface area contributed by atoms with E-state index in [0.717, 1.165) is 6.54 Å². The van der Waals surface area contributed by atoms with E-state index in [0.29, 0.717) is 10.3 Å². The van der Waals surface area contributed by atoms with Crippen molar-refractivity contribution in [3.8, 4) is 0 Å². The van der Waals surface area contributed by atoms with Gasteiger partial charge in [-0.1, -0.05) is 0 Å². The molecule has 0 atom stereocenters. The van der Waals surface area contributed by atoms with Crippen molar-refractivity contribution in [1.29, 1.82) is 0 Å². The summed E-state index contributed by atoms with van der Waals surface area (Å²) < 4.78 is 0.408. The third-order valence-electron chi connectivity index (χ3n) is 3.90. The molecule has 0 unspecified atom stereocenters. The average Bonchev–Trinajstić information content (AvgIpc) is 2.29. The first-order valence-corrected chi connectivity index (χ1v) is 8.39. The highest BCUT2D eigenvalue weighted by Gasteiger charge is 2.41. The van der Waals surface area contributed by atoms with Crippen molar-refractivity contribution in [1.82, 2.24) is 4.90 Å². The molecule has 0 aromatic carbocycles. The van der Waals surface area contributed by atoms with Crippen LogP contribution in [-0.4, -0.2) is 52.1 Å². The van der Waals surface area contributed by atoms with E-state index in [1.54, 1.807) is 0 Å². The average molecular weight is 260 g/mol. The van der Waals surface area contributed by atoms with Crippen LogP contribution in [0.25, 0.3) is 0 Å². The molecule has 2 N–H and O–H groups in total. The normalized spacial score (nSPS) is 30.2. The lowest BCUT2D eigenvalue weighted by Crippen LogP contribution is -2.61. The Kier molecular flexibility index (Phi) is 4.15. The zero-order valence-electron chi connectivity index (χ0n) is 10.5. The van der Waals surface area contributed by atoms with E-state index in [4.69, 9.17) is 5.73 Å². The molecule has 0 saturated carbocycles. The van der Waals surface area contributed by atoms with Gasteiger partial charge in [-0.05, 0) is 38.2 Å². The Hall–Kier alpha value is 0.620. The molecule has 2 saturated heterocycles. The van der Waals surface area contributed by atoms with Gasteiger partial charge >= 0.3 is 0 Å². The van der Waals surface area contributed by atoms with Crippen molar-refractivity contribution in [3.05, 3.63) is 0 Å². The molecule has 2 aliphatic heterocycles. The van der Waals surface area contributed by atoms with Gasteiger partial charge in [-0.25, -0.2) is 0 Å². The third-order valence-corrected chi connectivity index (χ3v) is 6.18. The maximum atomic E-state index is 6.10. The molecular weight excluding hydrogens is 236 g/mol. The summed E-state index contributed by atoms with van der Waals surface area (Å²) >= 11 is 4.20. The van der Waals surface area contributed by atoms with Gasteiger partial charge in [0.1, 0.15) is 0 Å². The molecule has 0 aromatic rings. The van der Waals surface area contributed by atoms with Gasteiger partial charge in [0.15, 0.2) is 0 Å². The van der Waals surface area contributed by atoms with Gasteiger partial charge in [0, 0.05) is 35.7 Å². The molecule has 2 fully saturated rings. The Morgan fingerprint density at radius 2 is 1.88 bits per heavy atom. The van der Waals surface area contributed by atoms with E-state index >= 15 is 0 Å². The maximum Gasteiger partial charge on any atom is 0.0348 e. The van der Waals surface area contributed by atoms with E-state index in [1.807, 2.05) is 0 Å². The summed E-state index contributed by atoms with van der Waals surface area (Å²) in [6, 6.07) is 0. The second kappa shape index (κ2) is 5.09. The SMILES string of the molecule is CC1(C)CN(C2(CN)CCSCC2)CCS1. The lowest BCUT2D eigenvalue weighted by molar-refractivity contribution is 0.0795. The minimum absolute atomic E-state index is 0.323. The second-order valence-electron chi connectivity index (χ2n) is 5.57. The molecular formula is C12H24N2S2. The highest BCUT2D eigenvalue weighted by atomic mass is 32.2. The van der Waals surface area contributed by atoms with Crippen LogP contribution in [0, 0.1) is 0 Å². The molecule has 2 aliphatic rings. The van der Waals surface area contributed by atoms with Crippen LogP contribution in [0.3, 0.4) is 0 Å². The summed E-state index contributed by atoms with van der Waals surface area (Å²) in [7, 11) is 0. The Balaban J connectivity index is 2.08. The van der Waals surface area contributed by atoms with Crippen LogP contribution >= 0.6 is 23.5 Å². The van der Waals surface area contributed by atoms with E-state index in [-0.39, 0.29) is 0 Å². The summed E-state index contributed by atoms with van der Waals surface area (Å²) in [5.74, 6) is 3.85. The van der Waals surface area contributed by atoms with Gasteiger partial charge in [-0.2, -0.15) is 23.5 Å². The highest BCUT2D eigenvalue weighted by Crippen LogP contribution is 2.38. The van der Waals surface area contributed by atoms with Crippen LogP contribution in [0.5, 0.6) is 0 Å².